The van der Waals surface area contributed by atoms with Crippen LogP contribution in [0.25, 0.3) is 5.65 Å². The van der Waals surface area contributed by atoms with Crippen molar-refractivity contribution >= 4 is 17.5 Å². The van der Waals surface area contributed by atoms with E-state index in [1.807, 2.05) is 23.6 Å². The molecule has 10 nitrogen and oxygen atoms in total. The first-order valence-corrected chi connectivity index (χ1v) is 11.1. The average molecular weight is 440 g/mol. The summed E-state index contributed by atoms with van der Waals surface area (Å²) >= 11 is 0. The number of hydrogen-bond acceptors (Lipinski definition) is 7. The second-order valence-corrected chi connectivity index (χ2v) is 8.32. The fourth-order valence-corrected chi connectivity index (χ4v) is 4.40. The molecule has 0 bridgehead atoms. The van der Waals surface area contributed by atoms with Gasteiger partial charge in [-0.1, -0.05) is 0 Å². The molecule has 0 unspecified atom stereocenters. The van der Waals surface area contributed by atoms with Crippen LogP contribution in [0, 0.1) is 25.2 Å². The Kier molecular flexibility index (Phi) is 6.67. The van der Waals surface area contributed by atoms with Gasteiger partial charge in [-0.25, -0.2) is 9.50 Å². The number of fused-ring (bicyclic) bond motifs is 1. The highest BCUT2D eigenvalue weighted by Gasteiger charge is 2.26. The lowest BCUT2D eigenvalue weighted by Gasteiger charge is -2.36. The van der Waals surface area contributed by atoms with Gasteiger partial charge in [0.1, 0.15) is 11.6 Å². The standard InChI is InChI=1S/C22H29N7O3/c1-16-19(17(2)29-22(25-16)18(13-23)14-24-29)3-4-20(30)27-5-7-28(8-6-27)21(31)15-26-9-11-32-12-10-26/h14H,3-12,15H2,1-2H3. The van der Waals surface area contributed by atoms with Crippen LogP contribution in [0.1, 0.15) is 28.9 Å². The number of aromatic nitrogens is 3. The third-order valence-corrected chi connectivity index (χ3v) is 6.37. The summed E-state index contributed by atoms with van der Waals surface area (Å²) in [5, 5.41) is 13.5. The molecule has 0 aliphatic carbocycles. The minimum Gasteiger partial charge on any atom is -0.379 e. The van der Waals surface area contributed by atoms with Crippen LogP contribution < -0.4 is 0 Å². The van der Waals surface area contributed by atoms with Crippen LogP contribution in [-0.4, -0.2) is 100 Å². The maximum absolute atomic E-state index is 12.8. The number of carbonyl (C=O) groups is 2. The number of piperazine rings is 1. The van der Waals surface area contributed by atoms with Gasteiger partial charge in [0.2, 0.25) is 11.8 Å². The number of rotatable bonds is 5. The van der Waals surface area contributed by atoms with Gasteiger partial charge in [0.05, 0.1) is 26.0 Å². The maximum atomic E-state index is 12.8. The monoisotopic (exact) mass is 439 g/mol. The first kappa shape index (κ1) is 22.2. The molecule has 4 rings (SSSR count). The molecule has 0 spiro atoms. The molecule has 2 aromatic heterocycles. The summed E-state index contributed by atoms with van der Waals surface area (Å²) in [7, 11) is 0. The van der Waals surface area contributed by atoms with Gasteiger partial charge >= 0.3 is 0 Å². The first-order chi connectivity index (χ1) is 15.5. The molecule has 2 aliphatic heterocycles. The first-order valence-electron chi connectivity index (χ1n) is 11.1. The largest absolute Gasteiger partial charge is 0.379 e. The van der Waals surface area contributed by atoms with E-state index in [9.17, 15) is 14.9 Å². The summed E-state index contributed by atoms with van der Waals surface area (Å²) in [5.41, 5.74) is 3.70. The molecule has 0 aromatic carbocycles. The SMILES string of the molecule is Cc1nc2c(C#N)cnn2c(C)c1CCC(=O)N1CCN(C(=O)CN2CCOCC2)CC1. The van der Waals surface area contributed by atoms with E-state index in [2.05, 4.69) is 21.1 Å². The summed E-state index contributed by atoms with van der Waals surface area (Å²) in [6.07, 6.45) is 2.46. The Morgan fingerprint density at radius 2 is 1.72 bits per heavy atom. The zero-order chi connectivity index (χ0) is 22.7. The number of aryl methyl sites for hydroxylation is 2. The van der Waals surface area contributed by atoms with E-state index in [-0.39, 0.29) is 11.8 Å². The van der Waals surface area contributed by atoms with Gasteiger partial charge in [0.15, 0.2) is 5.65 Å². The van der Waals surface area contributed by atoms with Crippen LogP contribution >= 0.6 is 0 Å². The number of amides is 2. The van der Waals surface area contributed by atoms with E-state index in [0.717, 1.165) is 30.0 Å². The Morgan fingerprint density at radius 1 is 1.06 bits per heavy atom. The molecular formula is C22H29N7O3. The van der Waals surface area contributed by atoms with Crippen molar-refractivity contribution in [2.45, 2.75) is 26.7 Å². The highest BCUT2D eigenvalue weighted by molar-refractivity contribution is 5.80. The minimum absolute atomic E-state index is 0.0855. The summed E-state index contributed by atoms with van der Waals surface area (Å²) in [6, 6.07) is 2.11. The molecule has 0 atom stereocenters. The highest BCUT2D eigenvalue weighted by Crippen LogP contribution is 2.19. The molecule has 2 aromatic rings. The van der Waals surface area contributed by atoms with E-state index < -0.39 is 0 Å². The third kappa shape index (κ3) is 4.59. The number of nitrogens with zero attached hydrogens (tertiary/aromatic N) is 7. The van der Waals surface area contributed by atoms with Crippen molar-refractivity contribution in [2.24, 2.45) is 0 Å². The smallest absolute Gasteiger partial charge is 0.236 e. The molecule has 0 radical (unpaired) electrons. The van der Waals surface area contributed by atoms with Gasteiger partial charge in [-0.05, 0) is 25.8 Å². The number of carbonyl (C=O) groups excluding carboxylic acids is 2. The highest BCUT2D eigenvalue weighted by atomic mass is 16.5. The summed E-state index contributed by atoms with van der Waals surface area (Å²) in [4.78, 5) is 35.7. The molecule has 0 saturated carbocycles. The van der Waals surface area contributed by atoms with E-state index in [0.29, 0.717) is 70.0 Å². The van der Waals surface area contributed by atoms with E-state index >= 15 is 0 Å². The Bertz CT molecular complexity index is 1040. The second-order valence-electron chi connectivity index (χ2n) is 8.32. The summed E-state index contributed by atoms with van der Waals surface area (Å²) in [5.74, 6) is 0.211. The molecule has 2 aliphatic rings. The topological polar surface area (TPSA) is 107 Å². The van der Waals surface area contributed by atoms with E-state index in [4.69, 9.17) is 4.74 Å². The Hall–Kier alpha value is -3.03. The van der Waals surface area contributed by atoms with Crippen LogP contribution in [0.2, 0.25) is 0 Å². The number of hydrogen-bond donors (Lipinski definition) is 0. The lowest BCUT2D eigenvalue weighted by molar-refractivity contribution is -0.140. The maximum Gasteiger partial charge on any atom is 0.236 e. The van der Waals surface area contributed by atoms with Gasteiger partial charge in [-0.15, -0.1) is 0 Å². The van der Waals surface area contributed by atoms with Crippen molar-refractivity contribution in [3.63, 3.8) is 0 Å². The van der Waals surface area contributed by atoms with E-state index in [1.165, 1.54) is 6.20 Å². The van der Waals surface area contributed by atoms with Crippen LogP contribution in [0.4, 0.5) is 0 Å². The predicted octanol–water partition coefficient (Wildman–Crippen LogP) is 0.153. The molecule has 32 heavy (non-hydrogen) atoms. The summed E-state index contributed by atoms with van der Waals surface area (Å²) in [6.45, 7) is 9.48. The van der Waals surface area contributed by atoms with Gasteiger partial charge in [-0.2, -0.15) is 10.4 Å². The van der Waals surface area contributed by atoms with Crippen LogP contribution in [0.15, 0.2) is 6.20 Å². The quantitative estimate of drug-likeness (QED) is 0.653. The molecule has 0 N–H and O–H groups in total. The van der Waals surface area contributed by atoms with Gasteiger partial charge in [-0.3, -0.25) is 14.5 Å². The van der Waals surface area contributed by atoms with E-state index in [1.54, 1.807) is 4.52 Å². The number of nitriles is 1. The number of ether oxygens (including phenoxy) is 1. The third-order valence-electron chi connectivity index (χ3n) is 6.37. The van der Waals surface area contributed by atoms with Crippen molar-refractivity contribution in [1.82, 2.24) is 29.3 Å². The zero-order valence-corrected chi connectivity index (χ0v) is 18.7. The second kappa shape index (κ2) is 9.63. The van der Waals surface area contributed by atoms with Crippen LogP contribution in [0.5, 0.6) is 0 Å². The van der Waals surface area contributed by atoms with Crippen molar-refractivity contribution in [3.8, 4) is 6.07 Å². The lowest BCUT2D eigenvalue weighted by Crippen LogP contribution is -2.53. The average Bonchev–Trinajstić information content (AvgIpc) is 3.22. The predicted molar refractivity (Wildman–Crippen MR) is 116 cm³/mol. The molecule has 170 valence electrons. The zero-order valence-electron chi connectivity index (χ0n) is 18.7. The Balaban J connectivity index is 1.30. The fraction of sp³-hybridized carbons (Fsp3) is 0.591. The Labute approximate surface area is 187 Å². The fourth-order valence-electron chi connectivity index (χ4n) is 4.40. The van der Waals surface area contributed by atoms with Crippen molar-refractivity contribution in [1.29, 1.82) is 5.26 Å². The van der Waals surface area contributed by atoms with Crippen LogP contribution in [-0.2, 0) is 20.7 Å². The van der Waals surface area contributed by atoms with Gasteiger partial charge in [0.25, 0.3) is 0 Å². The molecule has 2 saturated heterocycles. The lowest BCUT2D eigenvalue weighted by atomic mass is 10.1. The van der Waals surface area contributed by atoms with Crippen molar-refractivity contribution in [2.75, 3.05) is 59.0 Å². The molecule has 10 heteroatoms. The molecule has 2 amide bonds. The molecule has 4 heterocycles. The molecule has 2 fully saturated rings. The van der Waals surface area contributed by atoms with Gasteiger partial charge in [0, 0.05) is 57.1 Å². The van der Waals surface area contributed by atoms with Gasteiger partial charge < -0.3 is 14.5 Å². The number of morpholine rings is 1. The Morgan fingerprint density at radius 3 is 2.38 bits per heavy atom. The van der Waals surface area contributed by atoms with Crippen molar-refractivity contribution in [3.05, 3.63) is 28.7 Å². The molecular weight excluding hydrogens is 410 g/mol. The minimum atomic E-state index is 0.0855. The summed E-state index contributed by atoms with van der Waals surface area (Å²) < 4.78 is 7.00. The van der Waals surface area contributed by atoms with Crippen LogP contribution in [0.3, 0.4) is 0 Å². The van der Waals surface area contributed by atoms with Crippen molar-refractivity contribution < 1.29 is 14.3 Å². The normalized spacial score (nSPS) is 17.5.